The number of rotatable bonds is 6. The van der Waals surface area contributed by atoms with Gasteiger partial charge in [0, 0.05) is 36.8 Å². The second-order valence-electron chi connectivity index (χ2n) is 9.66. The van der Waals surface area contributed by atoms with Crippen molar-refractivity contribution in [1.82, 2.24) is 9.47 Å². The van der Waals surface area contributed by atoms with E-state index >= 15 is 0 Å². The molecule has 3 nitrogen and oxygen atoms in total. The summed E-state index contributed by atoms with van der Waals surface area (Å²) < 4.78 is 2.96. The van der Waals surface area contributed by atoms with Crippen molar-refractivity contribution in [2.45, 2.75) is 38.0 Å². The summed E-state index contributed by atoms with van der Waals surface area (Å²) in [4.78, 5) is 7.53. The highest BCUT2D eigenvalue weighted by Crippen LogP contribution is 2.45. The van der Waals surface area contributed by atoms with Crippen LogP contribution in [0.1, 0.15) is 36.5 Å². The molecule has 0 aromatic heterocycles. The van der Waals surface area contributed by atoms with E-state index in [1.54, 1.807) is 0 Å². The van der Waals surface area contributed by atoms with Crippen LogP contribution in [0.25, 0.3) is 10.8 Å². The third-order valence-electron chi connectivity index (χ3n) is 7.26. The van der Waals surface area contributed by atoms with Crippen LogP contribution in [0.2, 0.25) is 6.55 Å². The number of hydrogen-bond acceptors (Lipinski definition) is 4. The van der Waals surface area contributed by atoms with Gasteiger partial charge in [-0.3, -0.25) is 4.99 Å². The standard InChI is InChI=1S/C28H34N3SSi/c1-21-12-14-24(15-13-21)28(3)20-31(33(4)32-28)19-18-30-17-16-29-27(30)22(2)25-11-7-9-23-8-5-6-10-26(23)25/h5-15,22H,16-20H2,1-4H3. The van der Waals surface area contributed by atoms with Crippen molar-refractivity contribution in [3.05, 3.63) is 83.4 Å². The Kier molecular flexibility index (Phi) is 6.38. The first-order valence-electron chi connectivity index (χ1n) is 12.1. The lowest BCUT2D eigenvalue weighted by Gasteiger charge is -2.29. The van der Waals surface area contributed by atoms with Gasteiger partial charge in [0.25, 0.3) is 0 Å². The van der Waals surface area contributed by atoms with Gasteiger partial charge in [0.1, 0.15) is 5.84 Å². The molecule has 0 amide bonds. The smallest absolute Gasteiger partial charge is 0.206 e. The fraction of sp³-hybridized carbons (Fsp3) is 0.393. The van der Waals surface area contributed by atoms with Crippen molar-refractivity contribution < 1.29 is 0 Å². The van der Waals surface area contributed by atoms with E-state index in [2.05, 4.69) is 115 Å². The largest absolute Gasteiger partial charge is 0.357 e. The number of amidine groups is 1. The van der Waals surface area contributed by atoms with Gasteiger partial charge in [0.05, 0.1) is 6.54 Å². The quantitative estimate of drug-likeness (QED) is 0.407. The van der Waals surface area contributed by atoms with E-state index in [1.807, 2.05) is 0 Å². The third-order valence-corrected chi connectivity index (χ3v) is 12.7. The Morgan fingerprint density at radius 3 is 2.61 bits per heavy atom. The molecule has 2 aliphatic heterocycles. The van der Waals surface area contributed by atoms with Crippen LogP contribution in [0, 0.1) is 6.92 Å². The predicted octanol–water partition coefficient (Wildman–Crippen LogP) is 6.05. The molecule has 2 aliphatic rings. The van der Waals surface area contributed by atoms with Gasteiger partial charge in [-0.05, 0) is 42.3 Å². The van der Waals surface area contributed by atoms with Gasteiger partial charge in [-0.2, -0.15) is 11.2 Å². The van der Waals surface area contributed by atoms with Crippen molar-refractivity contribution in [3.8, 4) is 0 Å². The maximum absolute atomic E-state index is 4.98. The highest BCUT2D eigenvalue weighted by atomic mass is 32.4. The minimum absolute atomic E-state index is 0.203. The molecule has 1 fully saturated rings. The minimum Gasteiger partial charge on any atom is -0.357 e. The van der Waals surface area contributed by atoms with E-state index in [4.69, 9.17) is 4.99 Å². The molecule has 0 bridgehead atoms. The van der Waals surface area contributed by atoms with Gasteiger partial charge in [-0.25, -0.2) is 0 Å². The molecule has 0 spiro atoms. The molecule has 0 aliphatic carbocycles. The van der Waals surface area contributed by atoms with E-state index < -0.39 is 8.11 Å². The zero-order chi connectivity index (χ0) is 23.0. The Hall–Kier alpha value is -2.08. The number of benzene rings is 3. The van der Waals surface area contributed by atoms with Crippen molar-refractivity contribution in [3.63, 3.8) is 0 Å². The molecule has 0 saturated carbocycles. The molecular formula is C28H34N3SSi. The number of aryl methyl sites for hydroxylation is 1. The maximum Gasteiger partial charge on any atom is 0.206 e. The fourth-order valence-electron chi connectivity index (χ4n) is 5.34. The number of fused-ring (bicyclic) bond motifs is 1. The second kappa shape index (κ2) is 9.28. The average Bonchev–Trinajstić information content (AvgIpc) is 3.41. The summed E-state index contributed by atoms with van der Waals surface area (Å²) >= 11 is 2.20. The normalized spacial score (nSPS) is 22.8. The summed E-state index contributed by atoms with van der Waals surface area (Å²) in [5, 5.41) is 2.67. The molecule has 3 aromatic rings. The van der Waals surface area contributed by atoms with Crippen LogP contribution in [0.5, 0.6) is 0 Å². The highest BCUT2D eigenvalue weighted by molar-refractivity contribution is 8.26. The van der Waals surface area contributed by atoms with Gasteiger partial charge in [0.15, 0.2) is 0 Å². The second-order valence-corrected chi connectivity index (χ2v) is 14.8. The summed E-state index contributed by atoms with van der Waals surface area (Å²) in [7, 11) is -0.584. The summed E-state index contributed by atoms with van der Waals surface area (Å²) in [6.07, 6.45) is 0. The summed E-state index contributed by atoms with van der Waals surface area (Å²) in [6, 6.07) is 24.6. The summed E-state index contributed by atoms with van der Waals surface area (Å²) in [5.74, 6) is 1.58. The molecule has 3 aromatic carbocycles. The van der Waals surface area contributed by atoms with Crippen molar-refractivity contribution in [1.29, 1.82) is 0 Å². The van der Waals surface area contributed by atoms with Gasteiger partial charge in [-0.15, -0.1) is 0 Å². The molecule has 5 rings (SSSR count). The van der Waals surface area contributed by atoms with Gasteiger partial charge < -0.3 is 9.47 Å². The van der Waals surface area contributed by atoms with Crippen molar-refractivity contribution in [2.24, 2.45) is 4.99 Å². The monoisotopic (exact) mass is 472 g/mol. The maximum atomic E-state index is 4.98. The Labute approximate surface area is 204 Å². The van der Waals surface area contributed by atoms with Crippen LogP contribution in [-0.4, -0.2) is 56.1 Å². The Morgan fingerprint density at radius 2 is 1.79 bits per heavy atom. The van der Waals surface area contributed by atoms with Crippen LogP contribution >= 0.6 is 11.2 Å². The third kappa shape index (κ3) is 4.51. The van der Waals surface area contributed by atoms with Crippen molar-refractivity contribution >= 4 is 35.9 Å². The van der Waals surface area contributed by atoms with Crippen LogP contribution in [-0.2, 0) is 4.75 Å². The average molecular weight is 473 g/mol. The molecule has 0 N–H and O–H groups in total. The molecule has 2 atom stereocenters. The van der Waals surface area contributed by atoms with Gasteiger partial charge in [0.2, 0.25) is 8.11 Å². The molecule has 2 heterocycles. The number of nitrogens with zero attached hydrogens (tertiary/aromatic N) is 3. The summed E-state index contributed by atoms with van der Waals surface area (Å²) in [5.41, 5.74) is 4.20. The van der Waals surface area contributed by atoms with Crippen LogP contribution in [0.4, 0.5) is 0 Å². The van der Waals surface area contributed by atoms with Gasteiger partial charge in [-0.1, -0.05) is 79.2 Å². The first-order chi connectivity index (χ1) is 15.9. The first kappa shape index (κ1) is 22.7. The van der Waals surface area contributed by atoms with E-state index in [0.29, 0.717) is 5.92 Å². The van der Waals surface area contributed by atoms with Crippen LogP contribution in [0.3, 0.4) is 0 Å². The molecule has 171 valence electrons. The van der Waals surface area contributed by atoms with E-state index in [0.717, 1.165) is 32.7 Å². The topological polar surface area (TPSA) is 18.8 Å². The minimum atomic E-state index is -0.584. The first-order valence-corrected chi connectivity index (χ1v) is 15.5. The van der Waals surface area contributed by atoms with Crippen molar-refractivity contribution in [2.75, 3.05) is 32.7 Å². The Bertz CT molecular complexity index is 1160. The van der Waals surface area contributed by atoms with Crippen LogP contribution < -0.4 is 0 Å². The Morgan fingerprint density at radius 1 is 1.03 bits per heavy atom. The molecule has 2 unspecified atom stereocenters. The SMILES string of the molecule is Cc1ccc(C2(C)CN(CCN3CCN=C3C(C)c3cccc4ccccc34)[Si](C)S2)cc1. The predicted molar refractivity (Wildman–Crippen MR) is 146 cm³/mol. The number of aliphatic imine (C=N–C) groups is 1. The van der Waals surface area contributed by atoms with E-state index in [1.165, 1.54) is 33.3 Å². The molecule has 5 heteroatoms. The Balaban J connectivity index is 1.27. The lowest BCUT2D eigenvalue weighted by molar-refractivity contribution is 0.348. The van der Waals surface area contributed by atoms with Gasteiger partial charge >= 0.3 is 0 Å². The highest BCUT2D eigenvalue weighted by Gasteiger charge is 2.41. The molecule has 1 saturated heterocycles. The van der Waals surface area contributed by atoms with E-state index in [-0.39, 0.29) is 4.75 Å². The zero-order valence-electron chi connectivity index (χ0n) is 20.2. The molecule has 1 radical (unpaired) electrons. The lowest BCUT2D eigenvalue weighted by atomic mass is 9.93. The summed E-state index contributed by atoms with van der Waals surface area (Å²) in [6.45, 7) is 14.7. The van der Waals surface area contributed by atoms with E-state index in [9.17, 15) is 0 Å². The fourth-order valence-corrected chi connectivity index (χ4v) is 11.0. The molecular weight excluding hydrogens is 438 g/mol. The zero-order valence-corrected chi connectivity index (χ0v) is 22.0. The molecule has 33 heavy (non-hydrogen) atoms. The lowest BCUT2D eigenvalue weighted by Crippen LogP contribution is -2.41. The number of hydrogen-bond donors (Lipinski definition) is 0. The van der Waals surface area contributed by atoms with Crippen LogP contribution in [0.15, 0.2) is 71.7 Å².